The highest BCUT2D eigenvalue weighted by Crippen LogP contribution is 2.10. The SMILES string of the molecule is CC(O)CCN(C)C(=O)c1ccc(S(C)=O)cc1. The Morgan fingerprint density at radius 3 is 2.39 bits per heavy atom. The molecule has 2 unspecified atom stereocenters. The van der Waals surface area contributed by atoms with Crippen molar-refractivity contribution in [3.05, 3.63) is 29.8 Å². The van der Waals surface area contributed by atoms with Crippen molar-refractivity contribution in [1.82, 2.24) is 4.90 Å². The number of carbonyl (C=O) groups excluding carboxylic acids is 1. The fraction of sp³-hybridized carbons (Fsp3) is 0.462. The van der Waals surface area contributed by atoms with Gasteiger partial charge in [0.05, 0.1) is 6.10 Å². The Morgan fingerprint density at radius 2 is 1.94 bits per heavy atom. The topological polar surface area (TPSA) is 57.6 Å². The van der Waals surface area contributed by atoms with Crippen LogP contribution in [-0.2, 0) is 10.8 Å². The molecule has 1 N–H and O–H groups in total. The third-order valence-corrected chi connectivity index (χ3v) is 3.60. The summed E-state index contributed by atoms with van der Waals surface area (Å²) in [5.41, 5.74) is 0.567. The molecular weight excluding hydrogens is 250 g/mol. The van der Waals surface area contributed by atoms with Gasteiger partial charge >= 0.3 is 0 Å². The van der Waals surface area contributed by atoms with Crippen LogP contribution in [-0.4, -0.2) is 46.1 Å². The minimum absolute atomic E-state index is 0.0934. The van der Waals surface area contributed by atoms with Gasteiger partial charge in [-0.1, -0.05) is 0 Å². The monoisotopic (exact) mass is 269 g/mol. The summed E-state index contributed by atoms with van der Waals surface area (Å²) in [6, 6.07) is 6.76. The number of hydrogen-bond acceptors (Lipinski definition) is 3. The summed E-state index contributed by atoms with van der Waals surface area (Å²) < 4.78 is 11.2. The Labute approximate surface area is 110 Å². The van der Waals surface area contributed by atoms with Crippen LogP contribution < -0.4 is 0 Å². The van der Waals surface area contributed by atoms with E-state index in [1.54, 1.807) is 49.4 Å². The zero-order valence-electron chi connectivity index (χ0n) is 10.9. The van der Waals surface area contributed by atoms with E-state index in [4.69, 9.17) is 0 Å². The molecular formula is C13H19NO3S. The molecule has 0 aromatic heterocycles. The first-order chi connectivity index (χ1) is 8.41. The first-order valence-corrected chi connectivity index (χ1v) is 7.34. The lowest BCUT2D eigenvalue weighted by Crippen LogP contribution is -2.29. The smallest absolute Gasteiger partial charge is 0.253 e. The molecule has 1 aromatic rings. The standard InChI is InChI=1S/C13H19NO3S/c1-10(15)8-9-14(2)13(16)11-4-6-12(7-5-11)18(3)17/h4-7,10,15H,8-9H2,1-3H3. The number of benzene rings is 1. The summed E-state index contributed by atoms with van der Waals surface area (Å²) >= 11 is 0. The van der Waals surface area contributed by atoms with Gasteiger partial charge in [-0.3, -0.25) is 9.00 Å². The zero-order valence-corrected chi connectivity index (χ0v) is 11.7. The Balaban J connectivity index is 2.69. The largest absolute Gasteiger partial charge is 0.393 e. The maximum atomic E-state index is 12.0. The van der Waals surface area contributed by atoms with Crippen LogP contribution in [0.1, 0.15) is 23.7 Å². The second-order valence-electron chi connectivity index (χ2n) is 4.34. The lowest BCUT2D eigenvalue weighted by Gasteiger charge is -2.18. The predicted molar refractivity (Wildman–Crippen MR) is 72.0 cm³/mol. The first kappa shape index (κ1) is 14.9. The van der Waals surface area contributed by atoms with E-state index in [9.17, 15) is 14.1 Å². The second kappa shape index (κ2) is 6.66. The number of amides is 1. The van der Waals surface area contributed by atoms with Crippen LogP contribution in [0, 0.1) is 0 Å². The molecule has 0 heterocycles. The number of nitrogens with zero attached hydrogens (tertiary/aromatic N) is 1. The summed E-state index contributed by atoms with van der Waals surface area (Å²) in [5, 5.41) is 9.18. The van der Waals surface area contributed by atoms with Crippen molar-refractivity contribution in [2.45, 2.75) is 24.3 Å². The van der Waals surface area contributed by atoms with Crippen molar-refractivity contribution < 1.29 is 14.1 Å². The van der Waals surface area contributed by atoms with Gasteiger partial charge in [-0.15, -0.1) is 0 Å². The molecule has 4 nitrogen and oxygen atoms in total. The molecule has 1 amide bonds. The average Bonchev–Trinajstić information content (AvgIpc) is 2.35. The van der Waals surface area contributed by atoms with Crippen LogP contribution in [0.5, 0.6) is 0 Å². The molecule has 0 saturated heterocycles. The van der Waals surface area contributed by atoms with Crippen LogP contribution in [0.15, 0.2) is 29.2 Å². The molecule has 0 saturated carbocycles. The van der Waals surface area contributed by atoms with Crippen molar-refractivity contribution in [2.24, 2.45) is 0 Å². The number of rotatable bonds is 5. The molecule has 0 radical (unpaired) electrons. The van der Waals surface area contributed by atoms with Crippen LogP contribution in [0.4, 0.5) is 0 Å². The third kappa shape index (κ3) is 4.23. The third-order valence-electron chi connectivity index (χ3n) is 2.66. The van der Waals surface area contributed by atoms with Gasteiger partial charge in [-0.2, -0.15) is 0 Å². The fourth-order valence-electron chi connectivity index (χ4n) is 1.49. The highest BCUT2D eigenvalue weighted by molar-refractivity contribution is 7.84. The molecule has 0 aliphatic carbocycles. The summed E-state index contributed by atoms with van der Waals surface area (Å²) in [6.07, 6.45) is 1.75. The van der Waals surface area contributed by atoms with Gasteiger partial charge in [0.2, 0.25) is 0 Å². The van der Waals surface area contributed by atoms with E-state index >= 15 is 0 Å². The maximum Gasteiger partial charge on any atom is 0.253 e. The molecule has 0 aliphatic rings. The van der Waals surface area contributed by atoms with Crippen molar-refractivity contribution in [3.63, 3.8) is 0 Å². The number of carbonyl (C=O) groups is 1. The molecule has 100 valence electrons. The van der Waals surface area contributed by atoms with Gasteiger partial charge in [0.25, 0.3) is 5.91 Å². The Kier molecular flexibility index (Phi) is 5.50. The van der Waals surface area contributed by atoms with Gasteiger partial charge in [-0.25, -0.2) is 0 Å². The van der Waals surface area contributed by atoms with Crippen LogP contribution in [0.2, 0.25) is 0 Å². The Hall–Kier alpha value is -1.20. The molecule has 18 heavy (non-hydrogen) atoms. The van der Waals surface area contributed by atoms with E-state index in [1.165, 1.54) is 0 Å². The van der Waals surface area contributed by atoms with Gasteiger partial charge in [0.15, 0.2) is 0 Å². The molecule has 1 aromatic carbocycles. The van der Waals surface area contributed by atoms with E-state index in [2.05, 4.69) is 0 Å². The van der Waals surface area contributed by atoms with Gasteiger partial charge in [0, 0.05) is 41.1 Å². The Bertz CT molecular complexity index is 428. The summed E-state index contributed by atoms with van der Waals surface area (Å²) in [7, 11) is 0.676. The summed E-state index contributed by atoms with van der Waals surface area (Å²) in [4.78, 5) is 14.3. The summed E-state index contributed by atoms with van der Waals surface area (Å²) in [6.45, 7) is 2.21. The number of hydrogen-bond donors (Lipinski definition) is 1. The van der Waals surface area contributed by atoms with Crippen LogP contribution >= 0.6 is 0 Å². The number of aliphatic hydroxyl groups is 1. The van der Waals surface area contributed by atoms with Crippen LogP contribution in [0.25, 0.3) is 0 Å². The van der Waals surface area contributed by atoms with Gasteiger partial charge in [-0.05, 0) is 37.6 Å². The van der Waals surface area contributed by atoms with Crippen molar-refractivity contribution in [3.8, 4) is 0 Å². The number of aliphatic hydroxyl groups excluding tert-OH is 1. The lowest BCUT2D eigenvalue weighted by atomic mass is 10.2. The van der Waals surface area contributed by atoms with E-state index in [-0.39, 0.29) is 5.91 Å². The predicted octanol–water partition coefficient (Wildman–Crippen LogP) is 1.27. The molecule has 0 bridgehead atoms. The van der Waals surface area contributed by atoms with Crippen LogP contribution in [0.3, 0.4) is 0 Å². The molecule has 2 atom stereocenters. The average molecular weight is 269 g/mol. The highest BCUT2D eigenvalue weighted by Gasteiger charge is 2.12. The normalized spacial score (nSPS) is 14.0. The first-order valence-electron chi connectivity index (χ1n) is 5.79. The summed E-state index contributed by atoms with van der Waals surface area (Å²) in [5.74, 6) is -0.0934. The minimum Gasteiger partial charge on any atom is -0.393 e. The molecule has 0 fully saturated rings. The van der Waals surface area contributed by atoms with Crippen molar-refractivity contribution in [2.75, 3.05) is 19.8 Å². The van der Waals surface area contributed by atoms with Gasteiger partial charge < -0.3 is 10.0 Å². The van der Waals surface area contributed by atoms with Gasteiger partial charge in [0.1, 0.15) is 0 Å². The lowest BCUT2D eigenvalue weighted by molar-refractivity contribution is 0.0769. The quantitative estimate of drug-likeness (QED) is 0.875. The Morgan fingerprint density at radius 1 is 1.39 bits per heavy atom. The maximum absolute atomic E-state index is 12.0. The van der Waals surface area contributed by atoms with E-state index < -0.39 is 16.9 Å². The molecule has 0 spiro atoms. The minimum atomic E-state index is -1.03. The van der Waals surface area contributed by atoms with Crippen molar-refractivity contribution >= 4 is 16.7 Å². The fourth-order valence-corrected chi connectivity index (χ4v) is 2.01. The highest BCUT2D eigenvalue weighted by atomic mass is 32.2. The zero-order chi connectivity index (χ0) is 13.7. The van der Waals surface area contributed by atoms with E-state index in [0.29, 0.717) is 23.4 Å². The molecule has 0 aliphatic heterocycles. The molecule has 1 rings (SSSR count). The molecule has 5 heteroatoms. The van der Waals surface area contributed by atoms with E-state index in [1.807, 2.05) is 0 Å². The van der Waals surface area contributed by atoms with E-state index in [0.717, 1.165) is 0 Å². The second-order valence-corrected chi connectivity index (χ2v) is 5.72. The van der Waals surface area contributed by atoms with Crippen molar-refractivity contribution in [1.29, 1.82) is 0 Å².